The predicted octanol–water partition coefficient (Wildman–Crippen LogP) is 2.39. The van der Waals surface area contributed by atoms with E-state index in [-0.39, 0.29) is 14.9 Å². The molecule has 7 nitrogen and oxygen atoms in total. The molecule has 2 rings (SSSR count). The highest BCUT2D eigenvalue weighted by Gasteiger charge is 2.20. The maximum absolute atomic E-state index is 12.2. The summed E-state index contributed by atoms with van der Waals surface area (Å²) in [6.07, 6.45) is 0. The van der Waals surface area contributed by atoms with Crippen molar-refractivity contribution in [3.05, 3.63) is 52.5 Å². The number of methoxy groups -OCH3 is 1. The van der Waals surface area contributed by atoms with Gasteiger partial charge in [0, 0.05) is 0 Å². The highest BCUT2D eigenvalue weighted by atomic mass is 35.5. The van der Waals surface area contributed by atoms with Crippen LogP contribution >= 0.6 is 23.2 Å². The van der Waals surface area contributed by atoms with E-state index in [1.54, 1.807) is 24.3 Å². The van der Waals surface area contributed by atoms with Gasteiger partial charge in [0.05, 0.1) is 17.2 Å². The zero-order valence-corrected chi connectivity index (χ0v) is 15.3. The van der Waals surface area contributed by atoms with Crippen molar-refractivity contribution in [3.63, 3.8) is 0 Å². The fourth-order valence-corrected chi connectivity index (χ4v) is 3.41. The molecule has 0 aliphatic heterocycles. The van der Waals surface area contributed by atoms with Crippen molar-refractivity contribution in [1.82, 2.24) is 10.3 Å². The molecule has 2 N–H and O–H groups in total. The number of sulfonamides is 1. The van der Waals surface area contributed by atoms with E-state index in [1.165, 1.54) is 25.3 Å². The Morgan fingerprint density at radius 3 is 2.44 bits per heavy atom. The molecule has 0 spiro atoms. The van der Waals surface area contributed by atoms with E-state index in [1.807, 2.05) is 10.3 Å². The number of rotatable bonds is 7. The number of hydrazine groups is 1. The van der Waals surface area contributed by atoms with Crippen LogP contribution in [0.4, 0.5) is 0 Å². The molecule has 1 amide bonds. The first-order valence-corrected chi connectivity index (χ1v) is 9.09. The second kappa shape index (κ2) is 8.39. The van der Waals surface area contributed by atoms with Crippen LogP contribution < -0.4 is 19.7 Å². The number of carbonyl (C=O) groups is 1. The van der Waals surface area contributed by atoms with Crippen molar-refractivity contribution in [2.45, 2.75) is 4.90 Å². The average Bonchev–Trinajstić information content (AvgIpc) is 2.60. The number of hydrogen-bond donors (Lipinski definition) is 2. The van der Waals surface area contributed by atoms with E-state index in [0.29, 0.717) is 11.5 Å². The molecule has 0 radical (unpaired) electrons. The maximum atomic E-state index is 12.2. The monoisotopic (exact) mass is 404 g/mol. The van der Waals surface area contributed by atoms with E-state index in [4.69, 9.17) is 32.7 Å². The third-order valence-corrected chi connectivity index (χ3v) is 5.18. The van der Waals surface area contributed by atoms with Crippen molar-refractivity contribution in [1.29, 1.82) is 0 Å². The first-order valence-electron chi connectivity index (χ1n) is 6.85. The molecular weight excluding hydrogens is 391 g/mol. The van der Waals surface area contributed by atoms with Crippen LogP contribution in [0.15, 0.2) is 47.4 Å². The highest BCUT2D eigenvalue weighted by Crippen LogP contribution is 2.28. The van der Waals surface area contributed by atoms with Crippen LogP contribution in [0.2, 0.25) is 10.0 Å². The fraction of sp³-hybridized carbons (Fsp3) is 0.133. The van der Waals surface area contributed by atoms with Gasteiger partial charge in [0.2, 0.25) is 0 Å². The van der Waals surface area contributed by atoms with E-state index in [9.17, 15) is 13.2 Å². The summed E-state index contributed by atoms with van der Waals surface area (Å²) in [6, 6.07) is 10.9. The van der Waals surface area contributed by atoms with Gasteiger partial charge in [0.1, 0.15) is 4.90 Å². The standard InChI is InChI=1S/C15H14Cl2N2O5S/c1-23-11-6-2-3-7-12(11)24-9-14(20)18-19-25(21,22)13-8-4-5-10(16)15(13)17/h2-8,19H,9H2,1H3,(H,18,20). The average molecular weight is 405 g/mol. The Morgan fingerprint density at radius 2 is 1.76 bits per heavy atom. The van der Waals surface area contributed by atoms with Gasteiger partial charge in [0.15, 0.2) is 18.1 Å². The van der Waals surface area contributed by atoms with Gasteiger partial charge < -0.3 is 9.47 Å². The van der Waals surface area contributed by atoms with Crippen molar-refractivity contribution in [2.24, 2.45) is 0 Å². The quantitative estimate of drug-likeness (QED) is 0.690. The fourth-order valence-electron chi connectivity index (χ4n) is 1.79. The van der Waals surface area contributed by atoms with Crippen LogP contribution in [0.1, 0.15) is 0 Å². The molecule has 0 fully saturated rings. The Hall–Kier alpha value is -2.00. The lowest BCUT2D eigenvalue weighted by Gasteiger charge is -2.12. The molecule has 0 saturated carbocycles. The van der Waals surface area contributed by atoms with Crippen molar-refractivity contribution >= 4 is 39.1 Å². The summed E-state index contributed by atoms with van der Waals surface area (Å²) in [5.41, 5.74) is 2.03. The lowest BCUT2D eigenvalue weighted by atomic mass is 10.3. The van der Waals surface area contributed by atoms with E-state index in [2.05, 4.69) is 0 Å². The minimum atomic E-state index is -4.08. The van der Waals surface area contributed by atoms with Crippen LogP contribution in [0.5, 0.6) is 11.5 Å². The van der Waals surface area contributed by atoms with Gasteiger partial charge in [-0.1, -0.05) is 41.4 Å². The van der Waals surface area contributed by atoms with Crippen LogP contribution in [-0.2, 0) is 14.8 Å². The zero-order valence-electron chi connectivity index (χ0n) is 13.0. The predicted molar refractivity (Wildman–Crippen MR) is 93.4 cm³/mol. The number of para-hydroxylation sites is 2. The molecule has 0 atom stereocenters. The third-order valence-electron chi connectivity index (χ3n) is 2.96. The minimum Gasteiger partial charge on any atom is -0.493 e. The van der Waals surface area contributed by atoms with Crippen molar-refractivity contribution in [2.75, 3.05) is 13.7 Å². The number of carbonyl (C=O) groups excluding carboxylic acids is 1. The zero-order chi connectivity index (χ0) is 18.4. The number of nitrogens with one attached hydrogen (secondary N) is 2. The van der Waals surface area contributed by atoms with E-state index < -0.39 is 22.5 Å². The maximum Gasteiger partial charge on any atom is 0.272 e. The normalized spacial score (nSPS) is 11.0. The number of benzene rings is 2. The summed E-state index contributed by atoms with van der Waals surface area (Å²) < 4.78 is 34.7. The molecule has 2 aromatic rings. The molecule has 25 heavy (non-hydrogen) atoms. The number of hydrogen-bond acceptors (Lipinski definition) is 5. The molecular formula is C15H14Cl2N2O5S. The topological polar surface area (TPSA) is 93.7 Å². The summed E-state index contributed by atoms with van der Waals surface area (Å²) >= 11 is 11.7. The second-order valence-electron chi connectivity index (χ2n) is 4.65. The van der Waals surface area contributed by atoms with Crippen LogP contribution in [-0.4, -0.2) is 28.0 Å². The lowest BCUT2D eigenvalue weighted by Crippen LogP contribution is -2.43. The molecule has 2 aromatic carbocycles. The van der Waals surface area contributed by atoms with Crippen LogP contribution in [0.3, 0.4) is 0 Å². The first kappa shape index (κ1) is 19.3. The van der Waals surface area contributed by atoms with Crippen molar-refractivity contribution < 1.29 is 22.7 Å². The third kappa shape index (κ3) is 4.99. The number of ether oxygens (including phenoxy) is 2. The van der Waals surface area contributed by atoms with Gasteiger partial charge in [-0.3, -0.25) is 10.2 Å². The van der Waals surface area contributed by atoms with Gasteiger partial charge in [-0.2, -0.15) is 0 Å². The molecule has 0 saturated heterocycles. The molecule has 134 valence electrons. The Balaban J connectivity index is 1.96. The molecule has 0 aliphatic carbocycles. The van der Waals surface area contributed by atoms with Gasteiger partial charge in [0.25, 0.3) is 15.9 Å². The Labute approximate surface area is 154 Å². The molecule has 0 bridgehead atoms. The summed E-state index contributed by atoms with van der Waals surface area (Å²) in [5, 5.41) is -0.0634. The molecule has 0 aromatic heterocycles. The van der Waals surface area contributed by atoms with Crippen LogP contribution in [0.25, 0.3) is 0 Å². The van der Waals surface area contributed by atoms with Gasteiger partial charge in [-0.05, 0) is 24.3 Å². The largest absolute Gasteiger partial charge is 0.493 e. The summed E-state index contributed by atoms with van der Waals surface area (Å²) in [5.74, 6) is 0.0788. The Bertz CT molecular complexity index is 874. The first-order chi connectivity index (χ1) is 11.8. The second-order valence-corrected chi connectivity index (χ2v) is 7.08. The lowest BCUT2D eigenvalue weighted by molar-refractivity contribution is -0.123. The minimum absolute atomic E-state index is 0.0791. The Morgan fingerprint density at radius 1 is 1.08 bits per heavy atom. The van der Waals surface area contributed by atoms with Gasteiger partial charge in [-0.15, -0.1) is 4.83 Å². The van der Waals surface area contributed by atoms with Crippen molar-refractivity contribution in [3.8, 4) is 11.5 Å². The van der Waals surface area contributed by atoms with Gasteiger partial charge in [-0.25, -0.2) is 8.42 Å². The summed E-state index contributed by atoms with van der Waals surface area (Å²) in [4.78, 5) is 13.5. The molecule has 0 heterocycles. The van der Waals surface area contributed by atoms with E-state index >= 15 is 0 Å². The SMILES string of the molecule is COc1ccccc1OCC(=O)NNS(=O)(=O)c1cccc(Cl)c1Cl. The molecule has 0 aliphatic rings. The highest BCUT2D eigenvalue weighted by molar-refractivity contribution is 7.89. The summed E-state index contributed by atoms with van der Waals surface area (Å²) in [7, 11) is -2.62. The summed E-state index contributed by atoms with van der Waals surface area (Å²) in [6.45, 7) is -0.424. The number of amides is 1. The smallest absolute Gasteiger partial charge is 0.272 e. The number of halogens is 2. The van der Waals surface area contributed by atoms with Gasteiger partial charge >= 0.3 is 0 Å². The molecule has 0 unspecified atom stereocenters. The van der Waals surface area contributed by atoms with E-state index in [0.717, 1.165) is 0 Å². The molecule has 10 heteroatoms. The Kier molecular flexibility index (Phi) is 6.49. The van der Waals surface area contributed by atoms with Crippen LogP contribution in [0, 0.1) is 0 Å².